The fraction of sp³-hybridized carbons (Fsp3) is 0.231. The van der Waals surface area contributed by atoms with Crippen molar-refractivity contribution in [2.24, 2.45) is 0 Å². The van der Waals surface area contributed by atoms with Crippen LogP contribution in [-0.2, 0) is 17.3 Å². The van der Waals surface area contributed by atoms with Gasteiger partial charge in [0.05, 0.1) is 38.4 Å². The molecule has 3 aromatic rings. The van der Waals surface area contributed by atoms with Crippen LogP contribution in [0, 0.1) is 5.82 Å². The first-order chi connectivity index (χ1) is 16.0. The summed E-state index contributed by atoms with van der Waals surface area (Å²) in [5.74, 6) is -0.744. The van der Waals surface area contributed by atoms with Crippen LogP contribution in [0.5, 0.6) is 0 Å². The number of hydrogen-bond donors (Lipinski definition) is 0. The van der Waals surface area contributed by atoms with Crippen molar-refractivity contribution in [1.82, 2.24) is 4.90 Å². The second kappa shape index (κ2) is 8.90. The number of piperidine rings is 1. The average molecular weight is 463 g/mol. The normalized spacial score (nSPS) is 17.8. The van der Waals surface area contributed by atoms with Crippen LogP contribution < -0.4 is 4.90 Å². The Morgan fingerprint density at radius 1 is 0.909 bits per heavy atom. The average Bonchev–Trinajstić information content (AvgIpc) is 2.95. The van der Waals surface area contributed by atoms with E-state index < -0.39 is 10.8 Å². The van der Waals surface area contributed by atoms with Gasteiger partial charge in [0.25, 0.3) is 11.8 Å². The third-order valence-corrected chi connectivity index (χ3v) is 7.66. The van der Waals surface area contributed by atoms with Crippen molar-refractivity contribution < 1.29 is 18.2 Å². The Hall–Kier alpha value is -3.32. The van der Waals surface area contributed by atoms with Gasteiger partial charge in [0.2, 0.25) is 0 Å². The highest BCUT2D eigenvalue weighted by molar-refractivity contribution is 7.85. The summed E-state index contributed by atoms with van der Waals surface area (Å²) in [5.41, 5.74) is 2.00. The van der Waals surface area contributed by atoms with Gasteiger partial charge in [-0.2, -0.15) is 0 Å². The third kappa shape index (κ3) is 4.09. The predicted octanol–water partition coefficient (Wildman–Crippen LogP) is 4.78. The minimum Gasteiger partial charge on any atom is -0.339 e. The van der Waals surface area contributed by atoms with Crippen molar-refractivity contribution in [3.8, 4) is 0 Å². The summed E-state index contributed by atoms with van der Waals surface area (Å²) >= 11 is 0. The SMILES string of the molecule is O=C(c1ccc2c(c1)N(Cc1ccc(F)cc1)C(=O)c1ccccc1S2=O)N1CCCCC1. The predicted molar refractivity (Wildman–Crippen MR) is 124 cm³/mol. The van der Waals surface area contributed by atoms with Gasteiger partial charge in [-0.15, -0.1) is 0 Å². The Balaban J connectivity index is 1.61. The van der Waals surface area contributed by atoms with E-state index in [-0.39, 0.29) is 24.2 Å². The quantitative estimate of drug-likeness (QED) is 0.563. The molecule has 0 aromatic heterocycles. The van der Waals surface area contributed by atoms with Crippen molar-refractivity contribution >= 4 is 28.3 Å². The molecule has 0 bridgehead atoms. The van der Waals surface area contributed by atoms with Gasteiger partial charge in [-0.3, -0.25) is 9.59 Å². The van der Waals surface area contributed by atoms with Crippen molar-refractivity contribution in [1.29, 1.82) is 0 Å². The maximum Gasteiger partial charge on any atom is 0.259 e. The number of likely N-dealkylation sites (tertiary alicyclic amines) is 1. The number of nitrogens with zero attached hydrogens (tertiary/aromatic N) is 2. The highest BCUT2D eigenvalue weighted by atomic mass is 32.2. The number of amides is 2. The van der Waals surface area contributed by atoms with Crippen molar-refractivity contribution in [3.63, 3.8) is 0 Å². The minimum atomic E-state index is -1.58. The zero-order chi connectivity index (χ0) is 22.9. The van der Waals surface area contributed by atoms with Crippen molar-refractivity contribution in [2.45, 2.75) is 35.6 Å². The molecule has 7 heteroatoms. The molecule has 2 amide bonds. The number of hydrogen-bond acceptors (Lipinski definition) is 3. The molecule has 5 rings (SSSR count). The third-order valence-electron chi connectivity index (χ3n) is 6.16. The van der Waals surface area contributed by atoms with E-state index in [4.69, 9.17) is 0 Å². The first kappa shape index (κ1) is 21.5. The molecule has 1 atom stereocenters. The number of rotatable bonds is 3. The highest BCUT2D eigenvalue weighted by Gasteiger charge is 2.32. The molecule has 2 aliphatic heterocycles. The van der Waals surface area contributed by atoms with Crippen LogP contribution in [0.25, 0.3) is 0 Å². The zero-order valence-electron chi connectivity index (χ0n) is 18.0. The van der Waals surface area contributed by atoms with Gasteiger partial charge in [0.1, 0.15) is 5.82 Å². The Bertz CT molecular complexity index is 1250. The summed E-state index contributed by atoms with van der Waals surface area (Å²) in [5, 5.41) is 0. The van der Waals surface area contributed by atoms with Crippen molar-refractivity contribution in [2.75, 3.05) is 18.0 Å². The van der Waals surface area contributed by atoms with E-state index in [9.17, 15) is 18.2 Å². The second-order valence-corrected chi connectivity index (χ2v) is 9.74. The molecule has 0 saturated carbocycles. The number of carbonyl (C=O) groups excluding carboxylic acids is 2. The number of carbonyl (C=O) groups is 2. The van der Waals surface area contributed by atoms with Gasteiger partial charge in [-0.1, -0.05) is 24.3 Å². The maximum atomic E-state index is 13.6. The summed E-state index contributed by atoms with van der Waals surface area (Å²) in [6, 6.07) is 17.9. The van der Waals surface area contributed by atoms with Crippen LogP contribution in [0.1, 0.15) is 45.5 Å². The molecule has 2 aliphatic rings. The summed E-state index contributed by atoms with van der Waals surface area (Å²) < 4.78 is 26.9. The van der Waals surface area contributed by atoms with Crippen LogP contribution in [0.15, 0.2) is 76.5 Å². The van der Waals surface area contributed by atoms with Gasteiger partial charge >= 0.3 is 0 Å². The molecular weight excluding hydrogens is 439 g/mol. The molecule has 1 fully saturated rings. The van der Waals surface area contributed by atoms with E-state index in [2.05, 4.69) is 0 Å². The topological polar surface area (TPSA) is 57.7 Å². The van der Waals surface area contributed by atoms with Crippen molar-refractivity contribution in [3.05, 3.63) is 89.2 Å². The Morgan fingerprint density at radius 3 is 2.39 bits per heavy atom. The number of anilines is 1. The number of benzene rings is 3. The van der Waals surface area contributed by atoms with E-state index in [1.165, 1.54) is 12.1 Å². The largest absolute Gasteiger partial charge is 0.339 e. The Labute approximate surface area is 194 Å². The van der Waals surface area contributed by atoms with Gasteiger partial charge in [0.15, 0.2) is 0 Å². The molecule has 0 N–H and O–H groups in total. The fourth-order valence-electron chi connectivity index (χ4n) is 4.41. The lowest BCUT2D eigenvalue weighted by Gasteiger charge is -2.28. The van der Waals surface area contributed by atoms with Crippen LogP contribution in [0.4, 0.5) is 10.1 Å². The van der Waals surface area contributed by atoms with Gasteiger partial charge < -0.3 is 9.80 Å². The van der Waals surface area contributed by atoms with E-state index in [1.807, 2.05) is 4.90 Å². The lowest BCUT2D eigenvalue weighted by molar-refractivity contribution is 0.0724. The molecule has 5 nitrogen and oxygen atoms in total. The number of fused-ring (bicyclic) bond motifs is 2. The molecule has 0 aliphatic carbocycles. The first-order valence-corrected chi connectivity index (χ1v) is 12.2. The molecule has 168 valence electrons. The summed E-state index contributed by atoms with van der Waals surface area (Å²) in [7, 11) is -1.58. The molecular formula is C26H23FN2O3S. The summed E-state index contributed by atoms with van der Waals surface area (Å²) in [6.45, 7) is 1.59. The van der Waals surface area contributed by atoms with Crippen LogP contribution in [-0.4, -0.2) is 34.0 Å². The molecule has 0 spiro atoms. The van der Waals surface area contributed by atoms with Crippen LogP contribution >= 0.6 is 0 Å². The van der Waals surface area contributed by atoms with E-state index in [0.717, 1.165) is 24.8 Å². The smallest absolute Gasteiger partial charge is 0.259 e. The molecule has 33 heavy (non-hydrogen) atoms. The second-order valence-electron chi connectivity index (χ2n) is 8.32. The van der Waals surface area contributed by atoms with E-state index in [0.29, 0.717) is 39.7 Å². The summed E-state index contributed by atoms with van der Waals surface area (Å²) in [6.07, 6.45) is 3.07. The van der Waals surface area contributed by atoms with Crippen LogP contribution in [0.3, 0.4) is 0 Å². The fourth-order valence-corrected chi connectivity index (χ4v) is 5.75. The molecule has 3 aromatic carbocycles. The molecule has 2 heterocycles. The van der Waals surface area contributed by atoms with Gasteiger partial charge in [0, 0.05) is 18.7 Å². The number of halogens is 1. The zero-order valence-corrected chi connectivity index (χ0v) is 18.8. The standard InChI is InChI=1S/C26H23FN2O3S/c27-20-11-8-18(9-12-20)17-29-22-16-19(25(30)28-14-4-1-5-15-28)10-13-24(22)33(32)23-7-3-2-6-21(23)26(29)31/h2-3,6-13,16H,1,4-5,14-15,17H2. The molecule has 1 saturated heterocycles. The molecule has 0 radical (unpaired) electrons. The lowest BCUT2D eigenvalue weighted by Crippen LogP contribution is -2.36. The van der Waals surface area contributed by atoms with Crippen LogP contribution in [0.2, 0.25) is 0 Å². The van der Waals surface area contributed by atoms with Gasteiger partial charge in [-0.05, 0) is 67.3 Å². The van der Waals surface area contributed by atoms with E-state index in [1.54, 1.807) is 59.5 Å². The first-order valence-electron chi connectivity index (χ1n) is 11.0. The highest BCUT2D eigenvalue weighted by Crippen LogP contribution is 2.36. The molecule has 1 unspecified atom stereocenters. The lowest BCUT2D eigenvalue weighted by atomic mass is 10.1. The van der Waals surface area contributed by atoms with E-state index >= 15 is 0 Å². The summed E-state index contributed by atoms with van der Waals surface area (Å²) in [4.78, 5) is 31.1. The Kier molecular flexibility index (Phi) is 5.81. The van der Waals surface area contributed by atoms with Gasteiger partial charge in [-0.25, -0.2) is 8.60 Å². The maximum absolute atomic E-state index is 13.6. The Morgan fingerprint density at radius 2 is 1.64 bits per heavy atom. The monoisotopic (exact) mass is 462 g/mol. The minimum absolute atomic E-state index is 0.0841.